The van der Waals surface area contributed by atoms with Gasteiger partial charge in [0, 0.05) is 38.6 Å². The first-order valence-electron chi connectivity index (χ1n) is 12.4. The molecule has 206 valence electrons. The fraction of sp³-hybridized carbons (Fsp3) is 0.667. The fourth-order valence-corrected chi connectivity index (χ4v) is 5.21. The summed E-state index contributed by atoms with van der Waals surface area (Å²) in [4.78, 5) is 29.0. The number of anilines is 2. The van der Waals surface area contributed by atoms with E-state index in [0.717, 1.165) is 4.90 Å². The number of aryl methyl sites for hydroxylation is 1. The van der Waals surface area contributed by atoms with Crippen LogP contribution in [-0.4, -0.2) is 91.7 Å². The maximum absolute atomic E-state index is 13.8. The number of nitrogens with one attached hydrogen (secondary N) is 2. The zero-order valence-electron chi connectivity index (χ0n) is 20.5. The van der Waals surface area contributed by atoms with Gasteiger partial charge in [0.2, 0.25) is 5.91 Å². The SMILES string of the molecule is Cc1cc(N)c(N[C@@H]2CCCN(C(=O)[C@H]3CNCC(F)(F)C3)C2)c(C(=O)N2CCO[C@H](C(F)(F)F)C2)c1. The highest BCUT2D eigenvalue weighted by Gasteiger charge is 2.45. The number of alkyl halides is 5. The molecule has 8 nitrogen and oxygen atoms in total. The monoisotopic (exact) mass is 533 g/mol. The second-order valence-electron chi connectivity index (χ2n) is 10.1. The molecule has 3 atom stereocenters. The predicted molar refractivity (Wildman–Crippen MR) is 126 cm³/mol. The highest BCUT2D eigenvalue weighted by molar-refractivity contribution is 6.02. The van der Waals surface area contributed by atoms with Gasteiger partial charge in [0.1, 0.15) is 0 Å². The van der Waals surface area contributed by atoms with E-state index in [4.69, 9.17) is 10.5 Å². The average Bonchev–Trinajstić information content (AvgIpc) is 2.83. The number of benzene rings is 1. The molecule has 0 unspecified atom stereocenters. The molecule has 1 aromatic rings. The van der Waals surface area contributed by atoms with Crippen LogP contribution in [0.4, 0.5) is 33.3 Å². The van der Waals surface area contributed by atoms with Crippen LogP contribution in [0, 0.1) is 12.8 Å². The van der Waals surface area contributed by atoms with Gasteiger partial charge in [0.15, 0.2) is 6.10 Å². The molecule has 4 N–H and O–H groups in total. The van der Waals surface area contributed by atoms with E-state index < -0.39 is 49.5 Å². The van der Waals surface area contributed by atoms with Crippen LogP contribution in [0.1, 0.15) is 35.2 Å². The molecule has 1 aromatic carbocycles. The Morgan fingerprint density at radius 2 is 1.95 bits per heavy atom. The van der Waals surface area contributed by atoms with Crippen LogP contribution < -0.4 is 16.4 Å². The molecule has 0 saturated carbocycles. The molecule has 0 radical (unpaired) electrons. The van der Waals surface area contributed by atoms with E-state index in [1.54, 1.807) is 24.0 Å². The number of piperidine rings is 2. The summed E-state index contributed by atoms with van der Waals surface area (Å²) in [5.74, 6) is -4.72. The van der Waals surface area contributed by atoms with Crippen LogP contribution in [0.25, 0.3) is 0 Å². The summed E-state index contributed by atoms with van der Waals surface area (Å²) in [6.45, 7) is 1.27. The first-order valence-corrected chi connectivity index (χ1v) is 12.4. The Kier molecular flexibility index (Phi) is 7.84. The van der Waals surface area contributed by atoms with Gasteiger partial charge in [-0.1, -0.05) is 0 Å². The lowest BCUT2D eigenvalue weighted by atomic mass is 9.93. The van der Waals surface area contributed by atoms with Crippen LogP contribution in [0.3, 0.4) is 0 Å². The standard InChI is InChI=1S/C24H32F5N5O3/c1-14-7-17(22(36)34-5-6-37-19(12-34)24(27,28)29)20(18(30)8-14)32-16-3-2-4-33(11-16)21(35)15-9-23(25,26)13-31-10-15/h7-8,15-16,19,31-32H,2-6,9-13,30H2,1H3/t15-,16-,19+/m1/s1. The second-order valence-corrected chi connectivity index (χ2v) is 10.1. The molecule has 0 spiro atoms. The van der Waals surface area contributed by atoms with E-state index >= 15 is 0 Å². The van der Waals surface area contributed by atoms with Gasteiger partial charge in [-0.3, -0.25) is 9.59 Å². The lowest BCUT2D eigenvalue weighted by molar-refractivity contribution is -0.233. The lowest BCUT2D eigenvalue weighted by Crippen LogP contribution is -2.53. The molecule has 3 aliphatic heterocycles. The molecule has 3 aliphatic rings. The van der Waals surface area contributed by atoms with Crippen molar-refractivity contribution in [2.45, 2.75) is 50.4 Å². The first-order chi connectivity index (χ1) is 17.3. The summed E-state index contributed by atoms with van der Waals surface area (Å²) in [5, 5.41) is 5.85. The molecule has 4 rings (SSSR count). The summed E-state index contributed by atoms with van der Waals surface area (Å²) in [6, 6.07) is 2.90. The van der Waals surface area contributed by atoms with Gasteiger partial charge in [-0.15, -0.1) is 0 Å². The molecule has 3 saturated heterocycles. The number of nitrogen functional groups attached to an aromatic ring is 1. The average molecular weight is 534 g/mol. The second kappa shape index (κ2) is 10.6. The summed E-state index contributed by atoms with van der Waals surface area (Å²) in [6.07, 6.45) is -5.91. The molecule has 2 amide bonds. The molecule has 3 fully saturated rings. The minimum Gasteiger partial charge on any atom is -0.397 e. The van der Waals surface area contributed by atoms with E-state index in [1.165, 1.54) is 0 Å². The minimum absolute atomic E-state index is 0.00443. The van der Waals surface area contributed by atoms with Crippen molar-refractivity contribution in [3.05, 3.63) is 23.3 Å². The van der Waals surface area contributed by atoms with Crippen molar-refractivity contribution >= 4 is 23.2 Å². The zero-order valence-corrected chi connectivity index (χ0v) is 20.5. The van der Waals surface area contributed by atoms with Gasteiger partial charge in [0.25, 0.3) is 11.8 Å². The van der Waals surface area contributed by atoms with Gasteiger partial charge in [-0.2, -0.15) is 13.2 Å². The third-order valence-corrected chi connectivity index (χ3v) is 7.01. The Bertz CT molecular complexity index is 1020. The largest absolute Gasteiger partial charge is 0.416 e. The molecule has 13 heteroatoms. The number of nitrogens with zero attached hydrogens (tertiary/aromatic N) is 2. The van der Waals surface area contributed by atoms with Gasteiger partial charge in [0.05, 0.1) is 42.6 Å². The van der Waals surface area contributed by atoms with Crippen molar-refractivity contribution in [2.75, 3.05) is 56.9 Å². The zero-order chi connectivity index (χ0) is 27.0. The third kappa shape index (κ3) is 6.43. The van der Waals surface area contributed by atoms with Gasteiger partial charge in [-0.05, 0) is 37.5 Å². The van der Waals surface area contributed by atoms with Crippen molar-refractivity contribution in [1.82, 2.24) is 15.1 Å². The maximum atomic E-state index is 13.8. The highest BCUT2D eigenvalue weighted by atomic mass is 19.4. The molecule has 0 aromatic heterocycles. The summed E-state index contributed by atoms with van der Waals surface area (Å²) >= 11 is 0. The van der Waals surface area contributed by atoms with E-state index in [1.807, 2.05) is 0 Å². The molecule has 3 heterocycles. The van der Waals surface area contributed by atoms with Crippen LogP contribution in [0.15, 0.2) is 12.1 Å². The Balaban J connectivity index is 1.49. The molecule has 0 aliphatic carbocycles. The maximum Gasteiger partial charge on any atom is 0.416 e. The Morgan fingerprint density at radius 3 is 2.65 bits per heavy atom. The number of nitrogens with two attached hydrogens (primary N) is 1. The molecule has 37 heavy (non-hydrogen) atoms. The Labute approximate surface area is 211 Å². The number of halogens is 5. The summed E-state index contributed by atoms with van der Waals surface area (Å²) < 4.78 is 72.1. The highest BCUT2D eigenvalue weighted by Crippen LogP contribution is 2.32. The fourth-order valence-electron chi connectivity index (χ4n) is 5.21. The van der Waals surface area contributed by atoms with E-state index in [-0.39, 0.29) is 55.1 Å². The Hall–Kier alpha value is -2.67. The quantitative estimate of drug-likeness (QED) is 0.407. The van der Waals surface area contributed by atoms with E-state index in [9.17, 15) is 31.5 Å². The van der Waals surface area contributed by atoms with Crippen molar-refractivity contribution in [3.8, 4) is 0 Å². The van der Waals surface area contributed by atoms with Crippen molar-refractivity contribution in [1.29, 1.82) is 0 Å². The summed E-state index contributed by atoms with van der Waals surface area (Å²) in [5.41, 5.74) is 7.58. The number of carbonyl (C=O) groups excluding carboxylic acids is 2. The smallest absolute Gasteiger partial charge is 0.397 e. The van der Waals surface area contributed by atoms with Crippen LogP contribution in [0.2, 0.25) is 0 Å². The van der Waals surface area contributed by atoms with Crippen LogP contribution in [0.5, 0.6) is 0 Å². The number of likely N-dealkylation sites (tertiary alicyclic amines) is 1. The summed E-state index contributed by atoms with van der Waals surface area (Å²) in [7, 11) is 0. The van der Waals surface area contributed by atoms with Gasteiger partial charge in [-0.25, -0.2) is 8.78 Å². The van der Waals surface area contributed by atoms with Gasteiger partial charge < -0.3 is 30.9 Å². The lowest BCUT2D eigenvalue weighted by Gasteiger charge is -2.38. The number of hydrogen-bond acceptors (Lipinski definition) is 6. The Morgan fingerprint density at radius 1 is 1.19 bits per heavy atom. The number of rotatable bonds is 4. The normalized spacial score (nSPS) is 26.6. The number of amides is 2. The van der Waals surface area contributed by atoms with E-state index in [2.05, 4.69) is 10.6 Å². The number of morpholine rings is 1. The predicted octanol–water partition coefficient (Wildman–Crippen LogP) is 2.63. The number of ether oxygens (including phenoxy) is 1. The number of carbonyl (C=O) groups is 2. The van der Waals surface area contributed by atoms with Crippen LogP contribution in [-0.2, 0) is 9.53 Å². The molecular weight excluding hydrogens is 501 g/mol. The topological polar surface area (TPSA) is 99.9 Å². The van der Waals surface area contributed by atoms with E-state index in [0.29, 0.717) is 24.9 Å². The van der Waals surface area contributed by atoms with Crippen molar-refractivity contribution < 1.29 is 36.3 Å². The van der Waals surface area contributed by atoms with Crippen LogP contribution >= 0.6 is 0 Å². The molecule has 0 bridgehead atoms. The van der Waals surface area contributed by atoms with Gasteiger partial charge >= 0.3 is 6.18 Å². The number of hydrogen-bond donors (Lipinski definition) is 3. The first kappa shape index (κ1) is 27.4. The third-order valence-electron chi connectivity index (χ3n) is 7.01. The minimum atomic E-state index is -4.60. The molecular formula is C24H32F5N5O3. The van der Waals surface area contributed by atoms with Crippen molar-refractivity contribution in [2.24, 2.45) is 5.92 Å². The van der Waals surface area contributed by atoms with Crippen molar-refractivity contribution in [3.63, 3.8) is 0 Å².